The van der Waals surface area contributed by atoms with Crippen molar-refractivity contribution in [2.45, 2.75) is 0 Å². The highest BCUT2D eigenvalue weighted by Crippen LogP contribution is 2.20. The number of nitrogens with zero attached hydrogens (tertiary/aromatic N) is 3. The van der Waals surface area contributed by atoms with Gasteiger partial charge in [-0.15, -0.1) is 0 Å². The maximum Gasteiger partial charge on any atom is 0.323 e. The summed E-state index contributed by atoms with van der Waals surface area (Å²) < 4.78 is 13.6. The Labute approximate surface area is 177 Å². The zero-order valence-electron chi connectivity index (χ0n) is 16.2. The fourth-order valence-corrected chi connectivity index (χ4v) is 2.69. The normalized spacial score (nSPS) is 10.2. The van der Waals surface area contributed by atoms with E-state index in [1.807, 2.05) is 18.2 Å². The van der Waals surface area contributed by atoms with E-state index in [1.54, 1.807) is 48.7 Å². The first-order chi connectivity index (χ1) is 15.2. The fraction of sp³-hybridized carbons (Fsp3) is 0. The Morgan fingerprint density at radius 2 is 1.42 bits per heavy atom. The average Bonchev–Trinajstić information content (AvgIpc) is 2.78. The number of halogens is 1. The highest BCUT2D eigenvalue weighted by Gasteiger charge is 2.07. The summed E-state index contributed by atoms with van der Waals surface area (Å²) in [6, 6.07) is 19.7. The number of hydrogen-bond donors (Lipinski definition) is 4. The molecule has 0 bridgehead atoms. The van der Waals surface area contributed by atoms with Crippen LogP contribution in [0.5, 0.6) is 0 Å². The van der Waals surface area contributed by atoms with Crippen molar-refractivity contribution < 1.29 is 9.18 Å². The molecule has 2 aromatic carbocycles. The molecular formula is C22H18FN7O. The van der Waals surface area contributed by atoms with Crippen LogP contribution in [0.2, 0.25) is 0 Å². The van der Waals surface area contributed by atoms with Crippen molar-refractivity contribution in [2.24, 2.45) is 0 Å². The SMILES string of the molecule is O=C(Nc1ccc(Nc2cc(Nc3ccccn3)ncn2)cc1)Nc1ccccc1F. The summed E-state index contributed by atoms with van der Waals surface area (Å²) >= 11 is 0. The first kappa shape index (κ1) is 19.8. The van der Waals surface area contributed by atoms with Crippen molar-refractivity contribution >= 4 is 40.5 Å². The molecule has 2 aromatic heterocycles. The van der Waals surface area contributed by atoms with Gasteiger partial charge in [-0.1, -0.05) is 18.2 Å². The topological polar surface area (TPSA) is 104 Å². The number of urea groups is 1. The minimum atomic E-state index is -0.535. The molecule has 0 aliphatic heterocycles. The molecule has 4 rings (SSSR count). The third-order valence-electron chi connectivity index (χ3n) is 4.13. The lowest BCUT2D eigenvalue weighted by Crippen LogP contribution is -2.20. The van der Waals surface area contributed by atoms with E-state index in [4.69, 9.17) is 0 Å². The number of para-hydroxylation sites is 1. The molecule has 0 saturated carbocycles. The van der Waals surface area contributed by atoms with Gasteiger partial charge in [0.15, 0.2) is 0 Å². The molecule has 4 N–H and O–H groups in total. The lowest BCUT2D eigenvalue weighted by molar-refractivity contribution is 0.262. The van der Waals surface area contributed by atoms with Crippen molar-refractivity contribution in [3.8, 4) is 0 Å². The van der Waals surface area contributed by atoms with Gasteiger partial charge in [0, 0.05) is 23.6 Å². The second-order valence-corrected chi connectivity index (χ2v) is 6.39. The van der Waals surface area contributed by atoms with E-state index in [2.05, 4.69) is 36.2 Å². The smallest absolute Gasteiger partial charge is 0.323 e. The van der Waals surface area contributed by atoms with E-state index in [-0.39, 0.29) is 5.69 Å². The minimum Gasteiger partial charge on any atom is -0.340 e. The van der Waals surface area contributed by atoms with Gasteiger partial charge in [0.1, 0.15) is 29.6 Å². The van der Waals surface area contributed by atoms with Crippen LogP contribution < -0.4 is 21.3 Å². The van der Waals surface area contributed by atoms with Crippen LogP contribution >= 0.6 is 0 Å². The molecule has 154 valence electrons. The quantitative estimate of drug-likeness (QED) is 0.348. The minimum absolute atomic E-state index is 0.108. The van der Waals surface area contributed by atoms with Gasteiger partial charge in [-0.05, 0) is 48.5 Å². The van der Waals surface area contributed by atoms with Gasteiger partial charge in [-0.25, -0.2) is 24.1 Å². The number of hydrogen-bond acceptors (Lipinski definition) is 6. The molecule has 31 heavy (non-hydrogen) atoms. The Morgan fingerprint density at radius 1 is 0.710 bits per heavy atom. The van der Waals surface area contributed by atoms with Crippen molar-refractivity contribution in [1.82, 2.24) is 15.0 Å². The van der Waals surface area contributed by atoms with Crippen LogP contribution in [-0.4, -0.2) is 21.0 Å². The molecule has 0 aliphatic carbocycles. The predicted molar refractivity (Wildman–Crippen MR) is 118 cm³/mol. The number of amides is 2. The van der Waals surface area contributed by atoms with E-state index in [1.165, 1.54) is 18.5 Å². The summed E-state index contributed by atoms with van der Waals surface area (Å²) in [7, 11) is 0. The monoisotopic (exact) mass is 415 g/mol. The molecule has 0 fully saturated rings. The third-order valence-corrected chi connectivity index (χ3v) is 4.13. The van der Waals surface area contributed by atoms with Crippen LogP contribution in [0.25, 0.3) is 0 Å². The predicted octanol–water partition coefficient (Wildman–Crippen LogP) is 5.14. The maximum atomic E-state index is 13.6. The second kappa shape index (κ2) is 9.31. The summed E-state index contributed by atoms with van der Waals surface area (Å²) in [5.74, 6) is 1.36. The summed E-state index contributed by atoms with van der Waals surface area (Å²) in [5.41, 5.74) is 1.43. The number of pyridine rings is 1. The first-order valence-corrected chi connectivity index (χ1v) is 9.35. The van der Waals surface area contributed by atoms with Crippen LogP contribution in [0, 0.1) is 5.82 Å². The van der Waals surface area contributed by atoms with Crippen LogP contribution in [0.4, 0.5) is 43.7 Å². The lowest BCUT2D eigenvalue weighted by atomic mass is 10.2. The lowest BCUT2D eigenvalue weighted by Gasteiger charge is -2.10. The van der Waals surface area contributed by atoms with E-state index < -0.39 is 11.8 Å². The molecule has 9 heteroatoms. The van der Waals surface area contributed by atoms with Gasteiger partial charge in [0.05, 0.1) is 5.69 Å². The Balaban J connectivity index is 1.36. The Morgan fingerprint density at radius 3 is 2.16 bits per heavy atom. The molecule has 8 nitrogen and oxygen atoms in total. The Kier molecular flexibility index (Phi) is 5.94. The largest absolute Gasteiger partial charge is 0.340 e. The number of aromatic nitrogens is 3. The van der Waals surface area contributed by atoms with Gasteiger partial charge < -0.3 is 21.3 Å². The first-order valence-electron chi connectivity index (χ1n) is 9.35. The van der Waals surface area contributed by atoms with Crippen LogP contribution in [0.3, 0.4) is 0 Å². The van der Waals surface area contributed by atoms with E-state index in [0.29, 0.717) is 23.1 Å². The molecule has 2 heterocycles. The Hall–Kier alpha value is -4.53. The number of carbonyl (C=O) groups excluding carboxylic acids is 1. The standard InChI is InChI=1S/C22H18FN7O/c23-17-5-1-2-6-18(17)29-22(31)28-16-10-8-15(9-11-16)27-20-13-21(26-14-25-20)30-19-7-3-4-12-24-19/h1-14H,(H2,28,29,31)(H2,24,25,26,27,30). The van der Waals surface area contributed by atoms with Crippen LogP contribution in [0.1, 0.15) is 0 Å². The molecule has 0 radical (unpaired) electrons. The molecular weight excluding hydrogens is 397 g/mol. The molecule has 0 saturated heterocycles. The van der Waals surface area contributed by atoms with E-state index >= 15 is 0 Å². The third kappa shape index (κ3) is 5.51. The molecule has 2 amide bonds. The molecule has 0 unspecified atom stereocenters. The van der Waals surface area contributed by atoms with Gasteiger partial charge in [0.2, 0.25) is 0 Å². The van der Waals surface area contributed by atoms with Crippen LogP contribution in [-0.2, 0) is 0 Å². The zero-order valence-corrected chi connectivity index (χ0v) is 16.2. The number of nitrogens with one attached hydrogen (secondary N) is 4. The number of carbonyl (C=O) groups is 1. The van der Waals surface area contributed by atoms with Crippen molar-refractivity contribution in [3.05, 3.63) is 91.1 Å². The number of rotatable bonds is 6. The summed E-state index contributed by atoms with van der Waals surface area (Å²) in [4.78, 5) is 24.6. The van der Waals surface area contributed by atoms with Gasteiger partial charge in [0.25, 0.3) is 0 Å². The highest BCUT2D eigenvalue weighted by atomic mass is 19.1. The highest BCUT2D eigenvalue weighted by molar-refractivity contribution is 5.99. The van der Waals surface area contributed by atoms with Gasteiger partial charge >= 0.3 is 6.03 Å². The summed E-state index contributed by atoms with van der Waals surface area (Å²) in [6.07, 6.45) is 3.13. The molecule has 0 atom stereocenters. The van der Waals surface area contributed by atoms with Crippen molar-refractivity contribution in [3.63, 3.8) is 0 Å². The summed E-state index contributed by atoms with van der Waals surface area (Å²) in [6.45, 7) is 0. The van der Waals surface area contributed by atoms with E-state index in [0.717, 1.165) is 5.69 Å². The summed E-state index contributed by atoms with van der Waals surface area (Å²) in [5, 5.41) is 11.4. The van der Waals surface area contributed by atoms with Crippen LogP contribution in [0.15, 0.2) is 85.3 Å². The number of anilines is 6. The fourth-order valence-electron chi connectivity index (χ4n) is 2.69. The average molecular weight is 415 g/mol. The Bertz CT molecular complexity index is 1170. The van der Waals surface area contributed by atoms with Gasteiger partial charge in [-0.3, -0.25) is 0 Å². The molecule has 4 aromatic rings. The second-order valence-electron chi connectivity index (χ2n) is 6.39. The number of benzene rings is 2. The van der Waals surface area contributed by atoms with Crippen molar-refractivity contribution in [1.29, 1.82) is 0 Å². The molecule has 0 spiro atoms. The van der Waals surface area contributed by atoms with E-state index in [9.17, 15) is 9.18 Å². The van der Waals surface area contributed by atoms with Crippen molar-refractivity contribution in [2.75, 3.05) is 21.3 Å². The van der Waals surface area contributed by atoms with Gasteiger partial charge in [-0.2, -0.15) is 0 Å². The molecule has 0 aliphatic rings. The maximum absolute atomic E-state index is 13.6. The zero-order chi connectivity index (χ0) is 21.5.